The summed E-state index contributed by atoms with van der Waals surface area (Å²) in [6, 6.07) is 8.38. The second kappa shape index (κ2) is 5.31. The van der Waals surface area contributed by atoms with Gasteiger partial charge in [-0.15, -0.1) is 16.0 Å². The molecule has 0 unspecified atom stereocenters. The maximum atomic E-state index is 13.3. The van der Waals surface area contributed by atoms with Crippen LogP contribution < -0.4 is 0 Å². The van der Waals surface area contributed by atoms with E-state index in [0.29, 0.717) is 0 Å². The molecule has 1 N–H and O–H groups in total. The van der Waals surface area contributed by atoms with Gasteiger partial charge in [-0.1, -0.05) is 12.1 Å². The second-order valence-corrected chi connectivity index (χ2v) is 6.53. The minimum atomic E-state index is -0.699. The maximum Gasteiger partial charge on any atom is 0.351 e. The van der Waals surface area contributed by atoms with Crippen LogP contribution in [0.25, 0.3) is 16.0 Å². The highest BCUT2D eigenvalue weighted by Gasteiger charge is 2.25. The zero-order valence-corrected chi connectivity index (χ0v) is 13.1. The fraction of sp³-hybridized carbons (Fsp3) is 0.188. The molecule has 6 heteroatoms. The van der Waals surface area contributed by atoms with Crippen molar-refractivity contribution < 1.29 is 19.0 Å². The van der Waals surface area contributed by atoms with Crippen LogP contribution >= 0.6 is 11.3 Å². The number of quaternary nitrogens is 1. The van der Waals surface area contributed by atoms with Crippen LogP contribution in [-0.4, -0.2) is 34.3 Å². The molecular formula is C16H16FN2O2S+. The summed E-state index contributed by atoms with van der Waals surface area (Å²) in [5, 5.41) is 11.6. The summed E-state index contributed by atoms with van der Waals surface area (Å²) >= 11 is 1.51. The van der Waals surface area contributed by atoms with Gasteiger partial charge in [0, 0.05) is 22.8 Å². The van der Waals surface area contributed by atoms with Gasteiger partial charge in [0.25, 0.3) is 0 Å². The van der Waals surface area contributed by atoms with Crippen molar-refractivity contribution in [2.24, 2.45) is 0 Å². The number of carbonyl (C=O) groups excluding carboxylic acids is 1. The number of aromatic nitrogens is 1. The number of nitrogens with zero attached hydrogens (tertiary/aromatic N) is 2. The summed E-state index contributed by atoms with van der Waals surface area (Å²) in [6.45, 7) is 0. The lowest BCUT2D eigenvalue weighted by Gasteiger charge is -2.15. The van der Waals surface area contributed by atoms with E-state index in [1.807, 2.05) is 28.1 Å². The first-order chi connectivity index (χ1) is 10.3. The highest BCUT2D eigenvalue weighted by Crippen LogP contribution is 2.28. The summed E-state index contributed by atoms with van der Waals surface area (Å²) in [4.78, 5) is 12.9. The molecule has 0 aliphatic heterocycles. The lowest BCUT2D eigenvalue weighted by atomic mass is 10.1. The second-order valence-electron chi connectivity index (χ2n) is 5.64. The summed E-state index contributed by atoms with van der Waals surface area (Å²) in [5.41, 5.74) is 2.51. The number of carbonyl (C=O) groups is 1. The molecule has 0 atom stereocenters. The van der Waals surface area contributed by atoms with Gasteiger partial charge in [-0.25, -0.2) is 14.4 Å². The van der Waals surface area contributed by atoms with E-state index < -0.39 is 4.65 Å². The van der Waals surface area contributed by atoms with Gasteiger partial charge in [-0.3, -0.25) is 0 Å². The van der Waals surface area contributed by atoms with E-state index in [2.05, 4.69) is 0 Å². The summed E-state index contributed by atoms with van der Waals surface area (Å²) < 4.78 is 14.6. The standard InChI is InChI=1S/C16H16FN2O2S/c1-19(2,21)16(20)8-14-10-22-15-7-12(9-18(14)15)11-4-3-5-13(17)6-11/h3-7,9-10,21H,8H2,1-2H3/q+1. The molecule has 0 radical (unpaired) electrons. The molecule has 4 nitrogen and oxygen atoms in total. The van der Waals surface area contributed by atoms with E-state index in [1.54, 1.807) is 6.07 Å². The zero-order chi connectivity index (χ0) is 15.9. The van der Waals surface area contributed by atoms with Gasteiger partial charge < -0.3 is 4.40 Å². The number of amides is 1. The van der Waals surface area contributed by atoms with Crippen molar-refractivity contribution >= 4 is 22.1 Å². The van der Waals surface area contributed by atoms with Crippen molar-refractivity contribution in [3.63, 3.8) is 0 Å². The molecule has 0 aliphatic rings. The first kappa shape index (κ1) is 14.9. The number of rotatable bonds is 3. The lowest BCUT2D eigenvalue weighted by molar-refractivity contribution is -1.01. The SMILES string of the molecule is C[N+](C)(O)C(=O)Cc1csc2cc(-c3cccc(F)c3)cn12. The maximum absolute atomic E-state index is 13.3. The third-order valence-corrected chi connectivity index (χ3v) is 4.46. The van der Waals surface area contributed by atoms with Crippen LogP contribution in [0.4, 0.5) is 4.39 Å². The van der Waals surface area contributed by atoms with Crippen LogP contribution in [0.2, 0.25) is 0 Å². The molecule has 0 spiro atoms. The lowest BCUT2D eigenvalue weighted by Crippen LogP contribution is -2.43. The molecule has 2 aromatic heterocycles. The molecule has 0 saturated carbocycles. The highest BCUT2D eigenvalue weighted by molar-refractivity contribution is 7.15. The number of hydroxylamine groups is 3. The van der Waals surface area contributed by atoms with Gasteiger partial charge in [0.05, 0.1) is 4.83 Å². The first-order valence-electron chi connectivity index (χ1n) is 6.79. The van der Waals surface area contributed by atoms with E-state index in [4.69, 9.17) is 0 Å². The largest absolute Gasteiger partial charge is 0.351 e. The number of benzene rings is 1. The number of halogens is 1. The Balaban J connectivity index is 1.97. The van der Waals surface area contributed by atoms with Crippen LogP contribution in [0.1, 0.15) is 5.69 Å². The Morgan fingerprint density at radius 1 is 1.32 bits per heavy atom. The smallest absolute Gasteiger partial charge is 0.310 e. The third kappa shape index (κ3) is 2.81. The average Bonchev–Trinajstić information content (AvgIpc) is 2.99. The highest BCUT2D eigenvalue weighted by atomic mass is 32.1. The van der Waals surface area contributed by atoms with Crippen molar-refractivity contribution in [1.82, 2.24) is 4.40 Å². The Hall–Kier alpha value is -2.02. The number of hydrogen-bond acceptors (Lipinski definition) is 3. The fourth-order valence-corrected chi connectivity index (χ4v) is 3.18. The molecule has 0 saturated heterocycles. The van der Waals surface area contributed by atoms with Crippen molar-refractivity contribution in [2.75, 3.05) is 14.1 Å². The van der Waals surface area contributed by atoms with Crippen LogP contribution in [-0.2, 0) is 11.2 Å². The van der Waals surface area contributed by atoms with Crippen molar-refractivity contribution in [3.8, 4) is 11.1 Å². The Morgan fingerprint density at radius 3 is 2.77 bits per heavy atom. The molecule has 0 aliphatic carbocycles. The van der Waals surface area contributed by atoms with Crippen molar-refractivity contribution in [1.29, 1.82) is 0 Å². The topological polar surface area (TPSA) is 41.7 Å². The number of hydrogen-bond donors (Lipinski definition) is 1. The van der Waals surface area contributed by atoms with Gasteiger partial charge in [0.1, 0.15) is 26.3 Å². The van der Waals surface area contributed by atoms with E-state index in [1.165, 1.54) is 37.6 Å². The van der Waals surface area contributed by atoms with E-state index in [9.17, 15) is 14.4 Å². The number of likely N-dealkylation sites (N-methyl/N-ethyl adjacent to an activating group) is 1. The van der Waals surface area contributed by atoms with Crippen molar-refractivity contribution in [2.45, 2.75) is 6.42 Å². The van der Waals surface area contributed by atoms with Crippen LogP contribution in [0, 0.1) is 5.82 Å². The average molecular weight is 319 g/mol. The van der Waals surface area contributed by atoms with Crippen molar-refractivity contribution in [3.05, 3.63) is 53.4 Å². The molecule has 0 bridgehead atoms. The normalized spacial score (nSPS) is 12.0. The number of thiazole rings is 1. The summed E-state index contributed by atoms with van der Waals surface area (Å²) in [5.74, 6) is -0.567. The summed E-state index contributed by atoms with van der Waals surface area (Å²) in [6.07, 6.45) is 2.03. The van der Waals surface area contributed by atoms with Crippen LogP contribution in [0.5, 0.6) is 0 Å². The van der Waals surface area contributed by atoms with Gasteiger partial charge in [-0.05, 0) is 23.8 Å². The van der Waals surface area contributed by atoms with Gasteiger partial charge in [0.2, 0.25) is 0 Å². The molecule has 114 valence electrons. The molecule has 1 amide bonds. The Labute approximate surface area is 131 Å². The molecule has 1 aromatic carbocycles. The summed E-state index contributed by atoms with van der Waals surface area (Å²) in [7, 11) is 2.86. The Kier molecular flexibility index (Phi) is 3.60. The molecule has 3 aromatic rings. The predicted molar refractivity (Wildman–Crippen MR) is 83.3 cm³/mol. The van der Waals surface area contributed by atoms with Gasteiger partial charge in [-0.2, -0.15) is 0 Å². The Bertz CT molecular complexity index is 845. The Morgan fingerprint density at radius 2 is 2.09 bits per heavy atom. The van der Waals surface area contributed by atoms with Crippen LogP contribution in [0.15, 0.2) is 41.9 Å². The minimum Gasteiger partial charge on any atom is -0.310 e. The quantitative estimate of drug-likeness (QED) is 0.457. The minimum absolute atomic E-state index is 0.140. The van der Waals surface area contributed by atoms with Crippen LogP contribution in [0.3, 0.4) is 0 Å². The molecular weight excluding hydrogens is 303 g/mol. The fourth-order valence-electron chi connectivity index (χ4n) is 2.24. The van der Waals surface area contributed by atoms with Gasteiger partial charge in [0.15, 0.2) is 0 Å². The zero-order valence-electron chi connectivity index (χ0n) is 12.3. The monoisotopic (exact) mass is 319 g/mol. The predicted octanol–water partition coefficient (Wildman–Crippen LogP) is 3.34. The van der Waals surface area contributed by atoms with E-state index in [-0.39, 0.29) is 18.1 Å². The molecule has 22 heavy (non-hydrogen) atoms. The third-order valence-electron chi connectivity index (χ3n) is 3.51. The first-order valence-corrected chi connectivity index (χ1v) is 7.67. The number of fused-ring (bicyclic) bond motifs is 1. The molecule has 3 rings (SSSR count). The molecule has 0 fully saturated rings. The van der Waals surface area contributed by atoms with E-state index >= 15 is 0 Å². The van der Waals surface area contributed by atoms with Gasteiger partial charge >= 0.3 is 5.91 Å². The van der Waals surface area contributed by atoms with E-state index in [0.717, 1.165) is 21.7 Å². The molecule has 2 heterocycles.